The molecule has 2 saturated heterocycles. The maximum absolute atomic E-state index is 13.9. The summed E-state index contributed by atoms with van der Waals surface area (Å²) in [6.07, 6.45) is 0. The van der Waals surface area contributed by atoms with Crippen LogP contribution in [0.2, 0.25) is 0 Å². The number of ether oxygens (including phenoxy) is 1. The third kappa shape index (κ3) is 4.31. The molecular weight excluding hydrogens is 506 g/mol. The molecule has 3 aromatic rings. The van der Waals surface area contributed by atoms with Gasteiger partial charge in [-0.15, -0.1) is 0 Å². The van der Waals surface area contributed by atoms with Crippen molar-refractivity contribution in [2.24, 2.45) is 17.6 Å². The van der Waals surface area contributed by atoms with Gasteiger partial charge in [-0.2, -0.15) is 0 Å². The van der Waals surface area contributed by atoms with Gasteiger partial charge in [-0.3, -0.25) is 24.5 Å². The molecule has 0 radical (unpaired) electrons. The summed E-state index contributed by atoms with van der Waals surface area (Å²) in [6, 6.07) is 16.9. The predicted molar refractivity (Wildman–Crippen MR) is 139 cm³/mol. The first-order valence-electron chi connectivity index (χ1n) is 11.9. The molecule has 0 bridgehead atoms. The Hall–Kier alpha value is -5.26. The lowest BCUT2D eigenvalue weighted by Crippen LogP contribution is -2.51. The molecule has 2 aliphatic heterocycles. The van der Waals surface area contributed by atoms with E-state index in [0.29, 0.717) is 17.0 Å². The highest BCUT2D eigenvalue weighted by Crippen LogP contribution is 2.51. The van der Waals surface area contributed by atoms with Gasteiger partial charge in [0, 0.05) is 17.8 Å². The number of hydrogen-bond donors (Lipinski definition) is 2. The Kier molecular flexibility index (Phi) is 6.44. The Bertz CT molecular complexity index is 1480. The fourth-order valence-corrected chi connectivity index (χ4v) is 5.34. The van der Waals surface area contributed by atoms with Crippen LogP contribution in [0.5, 0.6) is 5.75 Å². The summed E-state index contributed by atoms with van der Waals surface area (Å²) in [7, 11) is 1.49. The van der Waals surface area contributed by atoms with Gasteiger partial charge in [-0.05, 0) is 35.9 Å². The fraction of sp³-hybridized carbons (Fsp3) is 0.185. The number of nitrogens with one attached hydrogen (secondary N) is 1. The smallest absolute Gasteiger partial charge is 0.323 e. The van der Waals surface area contributed by atoms with Gasteiger partial charge in [-0.25, -0.2) is 9.69 Å². The molecule has 0 saturated carbocycles. The van der Waals surface area contributed by atoms with E-state index in [1.807, 2.05) is 0 Å². The van der Waals surface area contributed by atoms with Gasteiger partial charge in [0.25, 0.3) is 5.69 Å². The zero-order chi connectivity index (χ0) is 27.8. The number of primary amides is 1. The number of para-hydroxylation sites is 1. The molecule has 4 unspecified atom stereocenters. The average molecular weight is 530 g/mol. The van der Waals surface area contributed by atoms with Crippen LogP contribution in [-0.4, -0.2) is 46.7 Å². The first-order valence-corrected chi connectivity index (χ1v) is 11.9. The number of carbonyl (C=O) groups excluding carboxylic acids is 4. The van der Waals surface area contributed by atoms with Crippen LogP contribution < -0.4 is 20.7 Å². The quantitative estimate of drug-likeness (QED) is 0.281. The molecule has 12 heteroatoms. The largest absolute Gasteiger partial charge is 0.497 e. The third-order valence-electron chi connectivity index (χ3n) is 6.98. The molecule has 2 aliphatic rings. The zero-order valence-electron chi connectivity index (χ0n) is 20.6. The Morgan fingerprint density at radius 3 is 2.23 bits per heavy atom. The number of urea groups is 1. The summed E-state index contributed by atoms with van der Waals surface area (Å²) < 4.78 is 5.22. The third-order valence-corrected chi connectivity index (χ3v) is 6.98. The second-order valence-electron chi connectivity index (χ2n) is 9.11. The Labute approximate surface area is 222 Å². The maximum Gasteiger partial charge on any atom is 0.323 e. The summed E-state index contributed by atoms with van der Waals surface area (Å²) in [5.41, 5.74) is 6.35. The molecule has 4 atom stereocenters. The van der Waals surface area contributed by atoms with Crippen molar-refractivity contribution < 1.29 is 28.8 Å². The van der Waals surface area contributed by atoms with Gasteiger partial charge in [0.2, 0.25) is 17.7 Å². The molecule has 0 aliphatic carbocycles. The Balaban J connectivity index is 1.62. The van der Waals surface area contributed by atoms with Crippen molar-refractivity contribution in [2.45, 2.75) is 12.1 Å². The van der Waals surface area contributed by atoms with Crippen LogP contribution in [0, 0.1) is 22.0 Å². The predicted octanol–water partition coefficient (Wildman–Crippen LogP) is 2.85. The van der Waals surface area contributed by atoms with E-state index in [1.165, 1.54) is 25.3 Å². The maximum atomic E-state index is 13.9. The number of nitrogens with zero attached hydrogens (tertiary/aromatic N) is 3. The van der Waals surface area contributed by atoms with Crippen LogP contribution in [0.4, 0.5) is 21.9 Å². The number of nitro groups is 1. The lowest BCUT2D eigenvalue weighted by Gasteiger charge is -2.32. The van der Waals surface area contributed by atoms with Crippen LogP contribution in [0.3, 0.4) is 0 Å². The number of likely N-dealkylation sites (tertiary alicyclic amines) is 1. The minimum Gasteiger partial charge on any atom is -0.497 e. The number of nitro benzene ring substituents is 1. The Morgan fingerprint density at radius 1 is 0.949 bits per heavy atom. The van der Waals surface area contributed by atoms with E-state index in [-0.39, 0.29) is 11.4 Å². The number of nitrogens with two attached hydrogens (primary N) is 1. The second-order valence-corrected chi connectivity index (χ2v) is 9.11. The molecule has 0 aromatic heterocycles. The number of hydrogen-bond acceptors (Lipinski definition) is 7. The summed E-state index contributed by atoms with van der Waals surface area (Å²) in [6.45, 7) is 0. The zero-order valence-corrected chi connectivity index (χ0v) is 20.6. The van der Waals surface area contributed by atoms with Crippen LogP contribution in [0.15, 0.2) is 78.9 Å². The van der Waals surface area contributed by atoms with Crippen molar-refractivity contribution >= 4 is 40.8 Å². The van der Waals surface area contributed by atoms with Crippen LogP contribution in [0.1, 0.15) is 11.6 Å². The number of benzene rings is 3. The molecule has 3 N–H and O–H groups in total. The monoisotopic (exact) mass is 529 g/mol. The van der Waals surface area contributed by atoms with E-state index in [4.69, 9.17) is 10.5 Å². The lowest BCUT2D eigenvalue weighted by atomic mass is 9.86. The fourth-order valence-electron chi connectivity index (χ4n) is 5.34. The summed E-state index contributed by atoms with van der Waals surface area (Å²) in [5, 5.41) is 14.0. The average Bonchev–Trinajstić information content (AvgIpc) is 3.42. The van der Waals surface area contributed by atoms with Gasteiger partial charge in [0.15, 0.2) is 0 Å². The molecule has 5 amide bonds. The first-order chi connectivity index (χ1) is 18.7. The highest BCUT2D eigenvalue weighted by Gasteiger charge is 2.65. The molecule has 12 nitrogen and oxygen atoms in total. The van der Waals surface area contributed by atoms with E-state index < -0.39 is 52.6 Å². The van der Waals surface area contributed by atoms with Gasteiger partial charge in [-0.1, -0.05) is 36.4 Å². The molecule has 39 heavy (non-hydrogen) atoms. The highest BCUT2D eigenvalue weighted by atomic mass is 16.6. The van der Waals surface area contributed by atoms with Crippen molar-refractivity contribution in [1.29, 1.82) is 0 Å². The number of non-ortho nitro benzene ring substituents is 1. The lowest BCUT2D eigenvalue weighted by molar-refractivity contribution is -0.384. The van der Waals surface area contributed by atoms with Crippen LogP contribution in [0.25, 0.3) is 0 Å². The van der Waals surface area contributed by atoms with E-state index >= 15 is 0 Å². The van der Waals surface area contributed by atoms with Gasteiger partial charge in [0.05, 0.1) is 35.6 Å². The van der Waals surface area contributed by atoms with E-state index in [2.05, 4.69) is 5.32 Å². The van der Waals surface area contributed by atoms with Gasteiger partial charge in [0.1, 0.15) is 11.8 Å². The van der Waals surface area contributed by atoms with E-state index in [9.17, 15) is 29.3 Å². The van der Waals surface area contributed by atoms with Crippen molar-refractivity contribution in [3.05, 3.63) is 94.5 Å². The number of amides is 5. The van der Waals surface area contributed by atoms with E-state index in [0.717, 1.165) is 15.9 Å². The number of anilines is 2. The summed E-state index contributed by atoms with van der Waals surface area (Å²) >= 11 is 0. The number of rotatable bonds is 6. The second kappa shape index (κ2) is 9.89. The molecule has 2 fully saturated rings. The summed E-state index contributed by atoms with van der Waals surface area (Å²) in [5.74, 6) is -4.40. The topological polar surface area (TPSA) is 165 Å². The minimum absolute atomic E-state index is 0.00871. The molecule has 3 aromatic carbocycles. The first kappa shape index (κ1) is 25.4. The summed E-state index contributed by atoms with van der Waals surface area (Å²) in [4.78, 5) is 66.7. The highest BCUT2D eigenvalue weighted by molar-refractivity contribution is 6.24. The molecule has 5 rings (SSSR count). The van der Waals surface area contributed by atoms with Crippen molar-refractivity contribution in [1.82, 2.24) is 4.90 Å². The molecule has 198 valence electrons. The van der Waals surface area contributed by atoms with Gasteiger partial charge < -0.3 is 20.7 Å². The number of carbonyl (C=O) groups is 4. The number of imide groups is 1. The molecule has 0 spiro atoms. The van der Waals surface area contributed by atoms with Crippen LogP contribution >= 0.6 is 0 Å². The minimum atomic E-state index is -1.47. The van der Waals surface area contributed by atoms with Crippen molar-refractivity contribution in [3.8, 4) is 5.75 Å². The molecule has 2 heterocycles. The van der Waals surface area contributed by atoms with Crippen LogP contribution in [-0.2, 0) is 14.4 Å². The number of methoxy groups -OCH3 is 1. The number of fused-ring (bicyclic) bond motifs is 1. The Morgan fingerprint density at radius 2 is 1.62 bits per heavy atom. The van der Waals surface area contributed by atoms with Crippen molar-refractivity contribution in [3.63, 3.8) is 0 Å². The van der Waals surface area contributed by atoms with E-state index in [1.54, 1.807) is 54.6 Å². The van der Waals surface area contributed by atoms with Gasteiger partial charge >= 0.3 is 6.03 Å². The normalized spacial score (nSPS) is 22.0. The van der Waals surface area contributed by atoms with Crippen molar-refractivity contribution in [2.75, 3.05) is 17.3 Å². The molecular formula is C27H23N5O7. The standard InChI is InChI=1S/C27H23N5O7/c1-39-19-12-10-15(11-13-19)22-20-21(23(24(28)33)31(22)27(36)29-16-6-3-2-4-7-16)26(35)30(25(20)34)17-8-5-9-18(14-17)32(37)38/h2-14,20-23H,1H3,(H2,28,33)(H,29,36). The SMILES string of the molecule is COc1ccc(C2C3C(=O)N(c4cccc([N+](=O)[O-])c4)C(=O)C3C(C(N)=O)N2C(=O)Nc2ccccc2)cc1.